The summed E-state index contributed by atoms with van der Waals surface area (Å²) in [6.07, 6.45) is 14.9. The first-order valence-corrected chi connectivity index (χ1v) is 8.26. The zero-order chi connectivity index (χ0) is 13.2. The van der Waals surface area contributed by atoms with Crippen molar-refractivity contribution in [1.29, 1.82) is 0 Å². The summed E-state index contributed by atoms with van der Waals surface area (Å²) in [4.78, 5) is 12.1. The van der Waals surface area contributed by atoms with Gasteiger partial charge in [0.2, 0.25) is 0 Å². The number of Topliss-reactive ketones (excluding diaryl/α,β-unsaturated/α-hetero) is 1. The van der Waals surface area contributed by atoms with Crippen LogP contribution in [0.1, 0.15) is 90.9 Å². The molecule has 0 aromatic carbocycles. The van der Waals surface area contributed by atoms with Crippen LogP contribution in [0.25, 0.3) is 0 Å². The number of unbranched alkanes of at least 4 members (excludes halogenated alkanes) is 6. The molecule has 0 heterocycles. The number of hydrogen-bond acceptors (Lipinski definition) is 1. The quantitative estimate of drug-likeness (QED) is 0.494. The van der Waals surface area contributed by atoms with Gasteiger partial charge in [-0.05, 0) is 25.2 Å². The number of ketones is 1. The maximum Gasteiger partial charge on any atom is 0.135 e. The Morgan fingerprint density at radius 1 is 1.00 bits per heavy atom. The molecule has 0 radical (unpaired) electrons. The number of hydrogen-bond donors (Lipinski definition) is 0. The van der Waals surface area contributed by atoms with Crippen LogP contribution in [0.2, 0.25) is 0 Å². The Bertz CT molecular complexity index is 222. The molecular weight excluding hydrogens is 220 g/mol. The molecule has 1 fully saturated rings. The van der Waals surface area contributed by atoms with E-state index in [2.05, 4.69) is 13.8 Å². The van der Waals surface area contributed by atoms with Crippen molar-refractivity contribution in [3.05, 3.63) is 0 Å². The zero-order valence-electron chi connectivity index (χ0n) is 12.5. The van der Waals surface area contributed by atoms with Crippen LogP contribution in [0.5, 0.6) is 0 Å². The fourth-order valence-electron chi connectivity index (χ4n) is 3.19. The van der Waals surface area contributed by atoms with Gasteiger partial charge in [0, 0.05) is 12.3 Å². The largest absolute Gasteiger partial charge is 0.299 e. The molecule has 0 saturated heterocycles. The predicted molar refractivity (Wildman–Crippen MR) is 78.7 cm³/mol. The van der Waals surface area contributed by atoms with E-state index >= 15 is 0 Å². The minimum absolute atomic E-state index is 0.411. The summed E-state index contributed by atoms with van der Waals surface area (Å²) in [5.41, 5.74) is 0. The van der Waals surface area contributed by atoms with Crippen molar-refractivity contribution < 1.29 is 4.79 Å². The van der Waals surface area contributed by atoms with Crippen molar-refractivity contribution >= 4 is 5.78 Å². The number of carbonyl (C=O) groups excluding carboxylic acids is 1. The molecule has 0 aromatic rings. The monoisotopic (exact) mass is 252 g/mol. The van der Waals surface area contributed by atoms with E-state index in [1.54, 1.807) is 0 Å². The van der Waals surface area contributed by atoms with Gasteiger partial charge in [-0.15, -0.1) is 0 Å². The normalized spacial score (nSPS) is 24.1. The first-order valence-electron chi connectivity index (χ1n) is 8.26. The Hall–Kier alpha value is -0.330. The van der Waals surface area contributed by atoms with Crippen LogP contribution >= 0.6 is 0 Å². The van der Waals surface area contributed by atoms with Gasteiger partial charge in [0.15, 0.2) is 0 Å². The third-order valence-corrected chi connectivity index (χ3v) is 4.42. The molecule has 1 heteroatoms. The van der Waals surface area contributed by atoms with E-state index < -0.39 is 0 Å². The van der Waals surface area contributed by atoms with Crippen LogP contribution in [-0.2, 0) is 4.79 Å². The van der Waals surface area contributed by atoms with Crippen LogP contribution in [-0.4, -0.2) is 5.78 Å². The van der Waals surface area contributed by atoms with Crippen molar-refractivity contribution in [2.45, 2.75) is 90.9 Å². The number of carbonyl (C=O) groups is 1. The fourth-order valence-corrected chi connectivity index (χ4v) is 3.19. The summed E-state index contributed by atoms with van der Waals surface area (Å²) in [5, 5.41) is 0. The molecule has 1 aliphatic carbocycles. The SMILES string of the molecule is CCCCCCCCCC(=O)C1CCCC(C)C1. The van der Waals surface area contributed by atoms with Crippen LogP contribution < -0.4 is 0 Å². The topological polar surface area (TPSA) is 17.1 Å². The second-order valence-electron chi connectivity index (χ2n) is 6.31. The standard InChI is InChI=1S/C17H32O/c1-3-4-5-6-7-8-9-13-17(18)16-12-10-11-15(2)14-16/h15-16H,3-14H2,1-2H3. The van der Waals surface area contributed by atoms with Gasteiger partial charge in [-0.25, -0.2) is 0 Å². The maximum absolute atomic E-state index is 12.1. The lowest BCUT2D eigenvalue weighted by Gasteiger charge is -2.25. The summed E-state index contributed by atoms with van der Waals surface area (Å²) in [5.74, 6) is 1.76. The molecule has 1 nitrogen and oxygen atoms in total. The summed E-state index contributed by atoms with van der Waals surface area (Å²) >= 11 is 0. The minimum atomic E-state index is 0.411. The smallest absolute Gasteiger partial charge is 0.135 e. The Balaban J connectivity index is 1.99. The third-order valence-electron chi connectivity index (χ3n) is 4.42. The van der Waals surface area contributed by atoms with E-state index in [9.17, 15) is 4.79 Å². The summed E-state index contributed by atoms with van der Waals surface area (Å²) in [6, 6.07) is 0. The molecule has 2 atom stereocenters. The van der Waals surface area contributed by atoms with E-state index in [4.69, 9.17) is 0 Å². The molecule has 0 spiro atoms. The Morgan fingerprint density at radius 2 is 1.67 bits per heavy atom. The van der Waals surface area contributed by atoms with Crippen molar-refractivity contribution in [1.82, 2.24) is 0 Å². The first kappa shape index (κ1) is 15.7. The molecular formula is C17H32O. The first-order chi connectivity index (χ1) is 8.74. The lowest BCUT2D eigenvalue weighted by atomic mass is 9.79. The van der Waals surface area contributed by atoms with E-state index in [0.717, 1.165) is 25.2 Å². The summed E-state index contributed by atoms with van der Waals surface area (Å²) in [6.45, 7) is 4.55. The van der Waals surface area contributed by atoms with E-state index in [1.165, 1.54) is 57.8 Å². The van der Waals surface area contributed by atoms with Crippen molar-refractivity contribution in [3.63, 3.8) is 0 Å². The average molecular weight is 252 g/mol. The van der Waals surface area contributed by atoms with Gasteiger partial charge in [0.1, 0.15) is 5.78 Å². The lowest BCUT2D eigenvalue weighted by molar-refractivity contribution is -0.124. The highest BCUT2D eigenvalue weighted by atomic mass is 16.1. The van der Waals surface area contributed by atoms with Crippen LogP contribution in [0.3, 0.4) is 0 Å². The average Bonchev–Trinajstić information content (AvgIpc) is 2.37. The van der Waals surface area contributed by atoms with Crippen LogP contribution in [0, 0.1) is 11.8 Å². The highest BCUT2D eigenvalue weighted by Gasteiger charge is 2.24. The molecule has 0 amide bonds. The zero-order valence-corrected chi connectivity index (χ0v) is 12.5. The van der Waals surface area contributed by atoms with E-state index in [0.29, 0.717) is 11.7 Å². The van der Waals surface area contributed by atoms with Gasteiger partial charge in [-0.2, -0.15) is 0 Å². The molecule has 0 aromatic heterocycles. The third kappa shape index (κ3) is 6.56. The van der Waals surface area contributed by atoms with Crippen molar-refractivity contribution in [2.24, 2.45) is 11.8 Å². The molecule has 106 valence electrons. The number of rotatable bonds is 9. The van der Waals surface area contributed by atoms with E-state index in [-0.39, 0.29) is 0 Å². The van der Waals surface area contributed by atoms with Gasteiger partial charge in [0.05, 0.1) is 0 Å². The summed E-state index contributed by atoms with van der Waals surface area (Å²) in [7, 11) is 0. The van der Waals surface area contributed by atoms with Crippen molar-refractivity contribution in [2.75, 3.05) is 0 Å². The van der Waals surface area contributed by atoms with Gasteiger partial charge in [-0.1, -0.05) is 65.2 Å². The molecule has 18 heavy (non-hydrogen) atoms. The van der Waals surface area contributed by atoms with Crippen molar-refractivity contribution in [3.8, 4) is 0 Å². The van der Waals surface area contributed by atoms with E-state index in [1.807, 2.05) is 0 Å². The lowest BCUT2D eigenvalue weighted by Crippen LogP contribution is -2.21. The van der Waals surface area contributed by atoms with Gasteiger partial charge >= 0.3 is 0 Å². The predicted octanol–water partition coefficient (Wildman–Crippen LogP) is 5.52. The molecule has 1 aliphatic rings. The highest BCUT2D eigenvalue weighted by Crippen LogP contribution is 2.30. The van der Waals surface area contributed by atoms with Gasteiger partial charge < -0.3 is 0 Å². The fraction of sp³-hybridized carbons (Fsp3) is 0.941. The van der Waals surface area contributed by atoms with Gasteiger partial charge in [0.25, 0.3) is 0 Å². The van der Waals surface area contributed by atoms with Crippen LogP contribution in [0.15, 0.2) is 0 Å². The minimum Gasteiger partial charge on any atom is -0.299 e. The second kappa shape index (κ2) is 9.58. The Morgan fingerprint density at radius 3 is 2.33 bits per heavy atom. The molecule has 0 bridgehead atoms. The van der Waals surface area contributed by atoms with Gasteiger partial charge in [-0.3, -0.25) is 4.79 Å². The molecule has 0 N–H and O–H groups in total. The summed E-state index contributed by atoms with van der Waals surface area (Å²) < 4.78 is 0. The van der Waals surface area contributed by atoms with Crippen LogP contribution in [0.4, 0.5) is 0 Å². The molecule has 2 unspecified atom stereocenters. The Labute approximate surface area is 114 Å². The highest BCUT2D eigenvalue weighted by molar-refractivity contribution is 5.81. The Kier molecular flexibility index (Phi) is 8.37. The molecule has 0 aliphatic heterocycles. The second-order valence-corrected chi connectivity index (χ2v) is 6.31. The molecule has 1 rings (SSSR count). The molecule has 1 saturated carbocycles. The maximum atomic E-state index is 12.1.